The Morgan fingerprint density at radius 2 is 1.86 bits per heavy atom. The number of aliphatic hydroxyl groups excluding tert-OH is 1. The molecule has 1 fully saturated rings. The van der Waals surface area contributed by atoms with E-state index in [4.69, 9.17) is 23.2 Å². The first-order valence-corrected chi connectivity index (χ1v) is 7.93. The number of amides is 1. The highest BCUT2D eigenvalue weighted by Crippen LogP contribution is 2.43. The molecule has 1 aliphatic heterocycles. The number of carbonyl (C=O) groups excluding carboxylic acids is 1. The van der Waals surface area contributed by atoms with E-state index in [2.05, 4.69) is 5.32 Å². The zero-order valence-electron chi connectivity index (χ0n) is 11.8. The van der Waals surface area contributed by atoms with Crippen molar-refractivity contribution in [1.29, 1.82) is 0 Å². The highest BCUT2D eigenvalue weighted by molar-refractivity contribution is 6.39. The van der Waals surface area contributed by atoms with Gasteiger partial charge >= 0.3 is 0 Å². The van der Waals surface area contributed by atoms with Crippen LogP contribution >= 0.6 is 23.2 Å². The van der Waals surface area contributed by atoms with Crippen molar-refractivity contribution < 1.29 is 9.90 Å². The van der Waals surface area contributed by atoms with Gasteiger partial charge in [-0.1, -0.05) is 48.5 Å². The lowest BCUT2D eigenvalue weighted by Gasteiger charge is -2.33. The molecule has 1 aromatic carbocycles. The van der Waals surface area contributed by atoms with E-state index in [1.54, 1.807) is 19.1 Å². The molecule has 112 valence electrons. The highest BCUT2D eigenvalue weighted by atomic mass is 35.5. The van der Waals surface area contributed by atoms with Gasteiger partial charge in [-0.2, -0.15) is 0 Å². The van der Waals surface area contributed by atoms with E-state index in [9.17, 15) is 9.90 Å². The second-order valence-corrected chi connectivity index (χ2v) is 6.64. The second kappa shape index (κ2) is 5.22. The van der Waals surface area contributed by atoms with Crippen LogP contribution in [0.1, 0.15) is 43.2 Å². The summed E-state index contributed by atoms with van der Waals surface area (Å²) in [5.41, 5.74) is 0.966. The smallest absolute Gasteiger partial charge is 0.256 e. The summed E-state index contributed by atoms with van der Waals surface area (Å²) in [5.74, 6) is -0.117. The van der Waals surface area contributed by atoms with Gasteiger partial charge in [-0.25, -0.2) is 0 Å². The quantitative estimate of drug-likeness (QED) is 0.803. The Bertz CT molecular complexity index is 646. The molecular weight excluding hydrogens is 309 g/mol. The number of benzene rings is 1. The van der Waals surface area contributed by atoms with Gasteiger partial charge in [0, 0.05) is 10.6 Å². The molecule has 0 unspecified atom stereocenters. The Morgan fingerprint density at radius 1 is 1.19 bits per heavy atom. The molecule has 1 amide bonds. The predicted molar refractivity (Wildman–Crippen MR) is 84.7 cm³/mol. The summed E-state index contributed by atoms with van der Waals surface area (Å²) in [4.78, 5) is 12.4. The average Bonchev–Trinajstić information content (AvgIpc) is 2.69. The number of hydrogen-bond donors (Lipinski definition) is 2. The van der Waals surface area contributed by atoms with Crippen LogP contribution in [-0.2, 0) is 4.79 Å². The minimum atomic E-state index is -0.596. The third-order valence-corrected chi connectivity index (χ3v) is 5.46. The Hall–Kier alpha value is -1.19. The highest BCUT2D eigenvalue weighted by Gasteiger charge is 2.46. The van der Waals surface area contributed by atoms with Crippen molar-refractivity contribution in [2.45, 2.75) is 44.6 Å². The maximum atomic E-state index is 12.4. The van der Waals surface area contributed by atoms with Crippen molar-refractivity contribution in [3.63, 3.8) is 0 Å². The van der Waals surface area contributed by atoms with Crippen LogP contribution < -0.4 is 5.32 Å². The first kappa shape index (κ1) is 14.7. The van der Waals surface area contributed by atoms with Gasteiger partial charge < -0.3 is 10.4 Å². The topological polar surface area (TPSA) is 49.3 Å². The predicted octanol–water partition coefficient (Wildman–Crippen LogP) is 4.40. The van der Waals surface area contributed by atoms with E-state index in [1.807, 2.05) is 0 Å². The van der Waals surface area contributed by atoms with Crippen molar-refractivity contribution in [2.24, 2.45) is 0 Å². The molecule has 0 bridgehead atoms. The fourth-order valence-corrected chi connectivity index (χ4v) is 3.77. The van der Waals surface area contributed by atoms with Gasteiger partial charge in [0.15, 0.2) is 0 Å². The lowest BCUT2D eigenvalue weighted by atomic mass is 9.80. The van der Waals surface area contributed by atoms with Gasteiger partial charge in [0.2, 0.25) is 0 Å². The Morgan fingerprint density at radius 3 is 2.52 bits per heavy atom. The Labute approximate surface area is 133 Å². The normalized spacial score (nSPS) is 21.0. The summed E-state index contributed by atoms with van der Waals surface area (Å²) in [6, 6.07) is 3.40. The van der Waals surface area contributed by atoms with Gasteiger partial charge in [0.1, 0.15) is 5.76 Å². The minimum absolute atomic E-state index is 0.135. The SMILES string of the molecule is Cc1c(Cl)ccc(C2=C(O)C3(CCCCC3)NC2=O)c1Cl. The van der Waals surface area contributed by atoms with Crippen LogP contribution in [-0.4, -0.2) is 16.6 Å². The fourth-order valence-electron chi connectivity index (χ4n) is 3.31. The third kappa shape index (κ3) is 2.23. The van der Waals surface area contributed by atoms with E-state index in [-0.39, 0.29) is 11.7 Å². The van der Waals surface area contributed by atoms with Crippen molar-refractivity contribution >= 4 is 34.7 Å². The van der Waals surface area contributed by atoms with Crippen LogP contribution in [0.5, 0.6) is 0 Å². The van der Waals surface area contributed by atoms with Crippen molar-refractivity contribution in [1.82, 2.24) is 5.32 Å². The summed E-state index contributed by atoms with van der Waals surface area (Å²) in [6.07, 6.45) is 4.70. The number of aliphatic hydroxyl groups is 1. The molecule has 0 atom stereocenters. The number of rotatable bonds is 1. The number of carbonyl (C=O) groups is 1. The van der Waals surface area contributed by atoms with Crippen molar-refractivity contribution in [3.8, 4) is 0 Å². The van der Waals surface area contributed by atoms with E-state index < -0.39 is 5.54 Å². The van der Waals surface area contributed by atoms with Gasteiger partial charge in [-0.3, -0.25) is 4.79 Å². The summed E-state index contributed by atoms with van der Waals surface area (Å²) in [6.45, 7) is 1.80. The van der Waals surface area contributed by atoms with Crippen molar-refractivity contribution in [3.05, 3.63) is 39.1 Å². The molecule has 2 aliphatic rings. The zero-order chi connectivity index (χ0) is 15.2. The first-order valence-electron chi connectivity index (χ1n) is 7.17. The monoisotopic (exact) mass is 325 g/mol. The van der Waals surface area contributed by atoms with Crippen molar-refractivity contribution in [2.75, 3.05) is 0 Å². The van der Waals surface area contributed by atoms with Crippen LogP contribution in [0.3, 0.4) is 0 Å². The Balaban J connectivity index is 2.13. The maximum Gasteiger partial charge on any atom is 0.256 e. The van der Waals surface area contributed by atoms with Crippen LogP contribution in [0.25, 0.3) is 5.57 Å². The largest absolute Gasteiger partial charge is 0.509 e. The lowest BCUT2D eigenvalue weighted by molar-refractivity contribution is -0.116. The summed E-state index contributed by atoms with van der Waals surface area (Å²) in [5, 5.41) is 14.6. The van der Waals surface area contributed by atoms with Crippen LogP contribution in [0.15, 0.2) is 17.9 Å². The van der Waals surface area contributed by atoms with Crippen LogP contribution in [0.4, 0.5) is 0 Å². The van der Waals surface area contributed by atoms with E-state index in [0.29, 0.717) is 26.7 Å². The summed E-state index contributed by atoms with van der Waals surface area (Å²) in [7, 11) is 0. The molecule has 0 radical (unpaired) electrons. The molecule has 1 heterocycles. The van der Waals surface area contributed by atoms with Gasteiger partial charge in [0.05, 0.1) is 16.1 Å². The lowest BCUT2D eigenvalue weighted by Crippen LogP contribution is -2.46. The number of hydrogen-bond acceptors (Lipinski definition) is 2. The van der Waals surface area contributed by atoms with E-state index >= 15 is 0 Å². The molecule has 1 spiro atoms. The number of nitrogens with one attached hydrogen (secondary N) is 1. The second-order valence-electron chi connectivity index (χ2n) is 5.85. The fraction of sp³-hybridized carbons (Fsp3) is 0.438. The molecule has 5 heteroatoms. The van der Waals surface area contributed by atoms with E-state index in [1.165, 1.54) is 0 Å². The van der Waals surface area contributed by atoms with Crippen LogP contribution in [0, 0.1) is 6.92 Å². The third-order valence-electron chi connectivity index (χ3n) is 4.57. The van der Waals surface area contributed by atoms with E-state index in [0.717, 1.165) is 32.1 Å². The molecule has 1 aliphatic carbocycles. The minimum Gasteiger partial charge on any atom is -0.509 e. The molecular formula is C16H17Cl2NO2. The molecule has 0 aromatic heterocycles. The summed E-state index contributed by atoms with van der Waals surface area (Å²) >= 11 is 12.4. The molecule has 3 rings (SSSR count). The molecule has 3 nitrogen and oxygen atoms in total. The Kier molecular flexibility index (Phi) is 3.66. The van der Waals surface area contributed by atoms with Gasteiger partial charge in [-0.05, 0) is 31.4 Å². The molecule has 0 saturated heterocycles. The van der Waals surface area contributed by atoms with Gasteiger partial charge in [-0.15, -0.1) is 0 Å². The summed E-state index contributed by atoms with van der Waals surface area (Å²) < 4.78 is 0. The zero-order valence-corrected chi connectivity index (χ0v) is 13.3. The number of halogens is 2. The molecule has 2 N–H and O–H groups in total. The molecule has 1 aromatic rings. The van der Waals surface area contributed by atoms with Gasteiger partial charge in [0.25, 0.3) is 5.91 Å². The van der Waals surface area contributed by atoms with Crippen LogP contribution in [0.2, 0.25) is 10.0 Å². The first-order chi connectivity index (χ1) is 9.96. The maximum absolute atomic E-state index is 12.4. The average molecular weight is 326 g/mol. The molecule has 21 heavy (non-hydrogen) atoms. The molecule has 1 saturated carbocycles. The standard InChI is InChI=1S/C16H17Cl2NO2/c1-9-11(17)6-5-10(13(9)18)12-14(20)16(19-15(12)21)7-3-2-4-8-16/h5-6,20H,2-4,7-8H2,1H3,(H,19,21).